The molecule has 144 valence electrons. The van der Waals surface area contributed by atoms with Crippen molar-refractivity contribution in [3.63, 3.8) is 0 Å². The number of nitrogens with one attached hydrogen (secondary N) is 1. The maximum absolute atomic E-state index is 12.5. The van der Waals surface area contributed by atoms with E-state index in [0.717, 1.165) is 24.3 Å². The van der Waals surface area contributed by atoms with Gasteiger partial charge in [0, 0.05) is 31.6 Å². The van der Waals surface area contributed by atoms with Crippen LogP contribution in [0, 0.1) is 0 Å². The third-order valence-electron chi connectivity index (χ3n) is 4.17. The first kappa shape index (κ1) is 20.2. The van der Waals surface area contributed by atoms with Crippen molar-refractivity contribution in [2.24, 2.45) is 0 Å². The predicted octanol–water partition coefficient (Wildman–Crippen LogP) is 1.47. The summed E-state index contributed by atoms with van der Waals surface area (Å²) in [6, 6.07) is 3.37. The second-order valence-electron chi connectivity index (χ2n) is 6.10. The van der Waals surface area contributed by atoms with E-state index in [1.54, 1.807) is 0 Å². The molecule has 1 heterocycles. The van der Waals surface area contributed by atoms with Crippen molar-refractivity contribution in [3.05, 3.63) is 35.4 Å². The molecule has 26 heavy (non-hydrogen) atoms. The van der Waals surface area contributed by atoms with E-state index in [2.05, 4.69) is 5.32 Å². The van der Waals surface area contributed by atoms with Gasteiger partial charge in [-0.15, -0.1) is 0 Å². The van der Waals surface area contributed by atoms with Crippen molar-refractivity contribution < 1.29 is 31.2 Å². The zero-order valence-electron chi connectivity index (χ0n) is 14.0. The lowest BCUT2D eigenvalue weighted by molar-refractivity contribution is -0.137. The van der Waals surface area contributed by atoms with Gasteiger partial charge in [0.05, 0.1) is 17.1 Å². The van der Waals surface area contributed by atoms with Gasteiger partial charge in [-0.3, -0.25) is 9.59 Å². The lowest BCUT2D eigenvalue weighted by atomic mass is 10.1. The summed E-state index contributed by atoms with van der Waals surface area (Å²) in [6.07, 6.45) is -4.12. The minimum atomic E-state index is -4.47. The van der Waals surface area contributed by atoms with Crippen LogP contribution in [0.15, 0.2) is 24.3 Å². The molecule has 1 fully saturated rings. The number of benzene rings is 1. The quantitative estimate of drug-likeness (QED) is 0.823. The summed E-state index contributed by atoms with van der Waals surface area (Å²) < 4.78 is 60.6. The number of hydrogen-bond donors (Lipinski definition) is 1. The van der Waals surface area contributed by atoms with Crippen LogP contribution in [0.3, 0.4) is 0 Å². The van der Waals surface area contributed by atoms with Crippen LogP contribution in [0.5, 0.6) is 0 Å². The van der Waals surface area contributed by atoms with Crippen LogP contribution >= 0.6 is 0 Å². The van der Waals surface area contributed by atoms with Crippen molar-refractivity contribution in [2.45, 2.75) is 25.6 Å². The molecule has 1 aromatic rings. The van der Waals surface area contributed by atoms with Gasteiger partial charge in [0.25, 0.3) is 5.91 Å². The van der Waals surface area contributed by atoms with Gasteiger partial charge in [-0.25, -0.2) is 8.42 Å². The molecule has 6 nitrogen and oxygen atoms in total. The zero-order valence-corrected chi connectivity index (χ0v) is 14.9. The van der Waals surface area contributed by atoms with Crippen LogP contribution in [0.4, 0.5) is 13.2 Å². The smallest absolute Gasteiger partial charge is 0.350 e. The number of alkyl halides is 3. The van der Waals surface area contributed by atoms with Gasteiger partial charge in [0.15, 0.2) is 9.84 Å². The fourth-order valence-corrected chi connectivity index (χ4v) is 4.55. The molecule has 0 aromatic heterocycles. The molecule has 0 bridgehead atoms. The molecule has 1 unspecified atom stereocenters. The first-order chi connectivity index (χ1) is 12.0. The van der Waals surface area contributed by atoms with Crippen molar-refractivity contribution in [3.8, 4) is 0 Å². The van der Waals surface area contributed by atoms with Crippen LogP contribution in [0.25, 0.3) is 0 Å². The average molecular weight is 392 g/mol. The SMILES string of the molecule is CC(=O)N(CCNC(=O)c1ccc(C(F)(F)F)cc1)C1CCS(=O)(=O)C1. The molecule has 0 saturated carbocycles. The summed E-state index contributed by atoms with van der Waals surface area (Å²) in [6.45, 7) is 1.51. The first-order valence-corrected chi connectivity index (χ1v) is 9.75. The van der Waals surface area contributed by atoms with E-state index >= 15 is 0 Å². The minimum absolute atomic E-state index is 0.0271. The molecule has 1 aromatic carbocycles. The monoisotopic (exact) mass is 392 g/mol. The molecular formula is C16H19F3N2O4S. The molecule has 1 aliphatic heterocycles. The molecule has 1 aliphatic rings. The Hall–Kier alpha value is -2.10. The Morgan fingerprint density at radius 3 is 2.31 bits per heavy atom. The normalized spacial score (nSPS) is 19.2. The van der Waals surface area contributed by atoms with E-state index in [4.69, 9.17) is 0 Å². The average Bonchev–Trinajstić information content (AvgIpc) is 2.90. The van der Waals surface area contributed by atoms with E-state index in [0.29, 0.717) is 6.42 Å². The lowest BCUT2D eigenvalue weighted by Crippen LogP contribution is -2.44. The molecule has 1 N–H and O–H groups in total. The van der Waals surface area contributed by atoms with Gasteiger partial charge in [0.1, 0.15) is 0 Å². The summed E-state index contributed by atoms with van der Waals surface area (Å²) in [7, 11) is -3.15. The van der Waals surface area contributed by atoms with Crippen LogP contribution in [-0.4, -0.2) is 55.8 Å². The summed E-state index contributed by atoms with van der Waals surface area (Å²) in [5, 5.41) is 2.52. The van der Waals surface area contributed by atoms with Crippen molar-refractivity contribution in [1.82, 2.24) is 10.2 Å². The number of sulfone groups is 1. The summed E-state index contributed by atoms with van der Waals surface area (Å²) in [5.41, 5.74) is -0.782. The highest BCUT2D eigenvalue weighted by molar-refractivity contribution is 7.91. The lowest BCUT2D eigenvalue weighted by Gasteiger charge is -2.27. The molecule has 2 rings (SSSR count). The Labute approximate surface area is 149 Å². The van der Waals surface area contributed by atoms with Crippen molar-refractivity contribution >= 4 is 21.7 Å². The largest absolute Gasteiger partial charge is 0.416 e. The molecule has 0 aliphatic carbocycles. The number of amides is 2. The maximum Gasteiger partial charge on any atom is 0.416 e. The molecule has 1 saturated heterocycles. The second-order valence-corrected chi connectivity index (χ2v) is 8.33. The van der Waals surface area contributed by atoms with Crippen LogP contribution in [0.2, 0.25) is 0 Å². The molecule has 0 spiro atoms. The Morgan fingerprint density at radius 2 is 1.85 bits per heavy atom. The number of carbonyl (C=O) groups excluding carboxylic acids is 2. The summed E-state index contributed by atoms with van der Waals surface area (Å²) in [4.78, 5) is 25.1. The maximum atomic E-state index is 12.5. The Kier molecular flexibility index (Phi) is 5.94. The zero-order chi connectivity index (χ0) is 19.5. The number of carbonyl (C=O) groups is 2. The number of rotatable bonds is 5. The molecule has 1 atom stereocenters. The standard InChI is InChI=1S/C16H19F3N2O4S/c1-11(22)21(14-6-9-26(24,25)10-14)8-7-20-15(23)12-2-4-13(5-3-12)16(17,18)19/h2-5,14H,6-10H2,1H3,(H,20,23). The van der Waals surface area contributed by atoms with Crippen molar-refractivity contribution in [1.29, 1.82) is 0 Å². The van der Waals surface area contributed by atoms with Crippen molar-refractivity contribution in [2.75, 3.05) is 24.6 Å². The topological polar surface area (TPSA) is 83.6 Å². The van der Waals surface area contributed by atoms with Gasteiger partial charge < -0.3 is 10.2 Å². The summed E-state index contributed by atoms with van der Waals surface area (Å²) in [5.74, 6) is -0.934. The molecular weight excluding hydrogens is 373 g/mol. The number of hydrogen-bond acceptors (Lipinski definition) is 4. The Balaban J connectivity index is 1.91. The first-order valence-electron chi connectivity index (χ1n) is 7.93. The second kappa shape index (κ2) is 7.65. The summed E-state index contributed by atoms with van der Waals surface area (Å²) >= 11 is 0. The van der Waals surface area contributed by atoms with Gasteiger partial charge in [-0.05, 0) is 30.7 Å². The molecule has 0 radical (unpaired) electrons. The fraction of sp³-hybridized carbons (Fsp3) is 0.500. The minimum Gasteiger partial charge on any atom is -0.350 e. The van der Waals surface area contributed by atoms with Gasteiger partial charge in [-0.2, -0.15) is 13.2 Å². The molecule has 2 amide bonds. The molecule has 10 heteroatoms. The van der Waals surface area contributed by atoms with E-state index in [9.17, 15) is 31.2 Å². The van der Waals surface area contributed by atoms with E-state index in [1.165, 1.54) is 11.8 Å². The van der Waals surface area contributed by atoms with Gasteiger partial charge in [-0.1, -0.05) is 0 Å². The highest BCUT2D eigenvalue weighted by Crippen LogP contribution is 2.29. The van der Waals surface area contributed by atoms with E-state index in [-0.39, 0.29) is 36.1 Å². The van der Waals surface area contributed by atoms with Crippen LogP contribution in [-0.2, 0) is 20.8 Å². The Bertz CT molecular complexity index is 776. The van der Waals surface area contributed by atoms with E-state index < -0.39 is 33.5 Å². The van der Waals surface area contributed by atoms with Gasteiger partial charge in [0.2, 0.25) is 5.91 Å². The Morgan fingerprint density at radius 1 is 1.23 bits per heavy atom. The highest BCUT2D eigenvalue weighted by Gasteiger charge is 2.33. The van der Waals surface area contributed by atoms with Crippen LogP contribution < -0.4 is 5.32 Å². The van der Waals surface area contributed by atoms with E-state index in [1.807, 2.05) is 0 Å². The number of nitrogens with zero attached hydrogens (tertiary/aromatic N) is 1. The third-order valence-corrected chi connectivity index (χ3v) is 5.92. The van der Waals surface area contributed by atoms with Gasteiger partial charge >= 0.3 is 6.18 Å². The predicted molar refractivity (Wildman–Crippen MR) is 88.2 cm³/mol. The highest BCUT2D eigenvalue weighted by atomic mass is 32.2. The van der Waals surface area contributed by atoms with Crippen LogP contribution in [0.1, 0.15) is 29.3 Å². The third kappa shape index (κ3) is 5.20. The fourth-order valence-electron chi connectivity index (χ4n) is 2.82. The number of halogens is 3.